The summed E-state index contributed by atoms with van der Waals surface area (Å²) < 4.78 is 24.5. The third-order valence-corrected chi connectivity index (χ3v) is 3.34. The molecule has 0 bridgehead atoms. The maximum Gasteiger partial charge on any atom is 0.338 e. The zero-order valence-corrected chi connectivity index (χ0v) is 12.0. The van der Waals surface area contributed by atoms with E-state index >= 15 is 0 Å². The van der Waals surface area contributed by atoms with E-state index in [0.29, 0.717) is 27.9 Å². The summed E-state index contributed by atoms with van der Waals surface area (Å²) in [6, 6.07) is 4.59. The fourth-order valence-corrected chi connectivity index (χ4v) is 2.11. The van der Waals surface area contributed by atoms with Crippen molar-refractivity contribution in [3.05, 3.63) is 35.3 Å². The summed E-state index contributed by atoms with van der Waals surface area (Å²) in [4.78, 5) is 16.2. The van der Waals surface area contributed by atoms with Gasteiger partial charge in [0.25, 0.3) is 0 Å². The second-order valence-corrected chi connectivity index (χ2v) is 5.14. The number of carbonyl (C=O) groups is 1. The molecule has 1 fully saturated rings. The van der Waals surface area contributed by atoms with Gasteiger partial charge < -0.3 is 9.47 Å². The molecule has 1 aromatic heterocycles. The lowest BCUT2D eigenvalue weighted by Gasteiger charge is -2.11. The van der Waals surface area contributed by atoms with E-state index in [2.05, 4.69) is 4.98 Å². The molecule has 0 spiro atoms. The molecule has 0 atom stereocenters. The number of pyridine rings is 1. The van der Waals surface area contributed by atoms with Gasteiger partial charge in [0, 0.05) is 5.39 Å². The largest absolute Gasteiger partial charge is 0.488 e. The molecule has 1 aromatic carbocycles. The Labute approximate surface area is 121 Å². The zero-order valence-electron chi connectivity index (χ0n) is 12.0. The molecule has 1 aliphatic rings. The number of carbonyl (C=O) groups excluding carboxylic acids is 1. The van der Waals surface area contributed by atoms with Gasteiger partial charge in [-0.2, -0.15) is 0 Å². The number of fused-ring (bicyclic) bond motifs is 1. The molecule has 0 saturated heterocycles. The van der Waals surface area contributed by atoms with E-state index in [9.17, 15) is 9.18 Å². The Bertz CT molecular complexity index is 710. The van der Waals surface area contributed by atoms with Crippen LogP contribution in [0.1, 0.15) is 35.8 Å². The first kappa shape index (κ1) is 13.8. The lowest BCUT2D eigenvalue weighted by molar-refractivity contribution is 0.0526. The number of hydrogen-bond donors (Lipinski definition) is 0. The molecule has 1 saturated carbocycles. The second kappa shape index (κ2) is 5.31. The number of esters is 1. The molecule has 0 aliphatic heterocycles. The monoisotopic (exact) mass is 289 g/mol. The van der Waals surface area contributed by atoms with Gasteiger partial charge in [-0.25, -0.2) is 14.2 Å². The summed E-state index contributed by atoms with van der Waals surface area (Å²) in [6.45, 7) is 3.64. The minimum absolute atomic E-state index is 0.165. The van der Waals surface area contributed by atoms with Gasteiger partial charge in [0.15, 0.2) is 0 Å². The minimum Gasteiger partial charge on any atom is -0.488 e. The number of ether oxygens (including phenoxy) is 2. The highest BCUT2D eigenvalue weighted by atomic mass is 19.1. The lowest BCUT2D eigenvalue weighted by atomic mass is 10.1. The minimum atomic E-state index is -0.443. The van der Waals surface area contributed by atoms with Crippen LogP contribution >= 0.6 is 0 Å². The average molecular weight is 289 g/mol. The lowest BCUT2D eigenvalue weighted by Crippen LogP contribution is -2.07. The van der Waals surface area contributed by atoms with E-state index in [0.717, 1.165) is 12.8 Å². The summed E-state index contributed by atoms with van der Waals surface area (Å²) in [5.74, 6) is -0.330. The van der Waals surface area contributed by atoms with E-state index in [1.165, 1.54) is 6.07 Å². The molecule has 110 valence electrons. The SMILES string of the molecule is CCOC(=O)c1cc(OC2CC2)c2nc(C)c(F)cc2c1. The molecule has 5 heteroatoms. The molecular weight excluding hydrogens is 273 g/mol. The van der Waals surface area contributed by atoms with Crippen LogP contribution in [0.5, 0.6) is 5.75 Å². The number of nitrogens with zero attached hydrogens (tertiary/aromatic N) is 1. The van der Waals surface area contributed by atoms with E-state index in [4.69, 9.17) is 9.47 Å². The van der Waals surface area contributed by atoms with Crippen LogP contribution in [-0.2, 0) is 4.74 Å². The summed E-state index contributed by atoms with van der Waals surface area (Å²) in [5.41, 5.74) is 1.24. The second-order valence-electron chi connectivity index (χ2n) is 5.14. The molecule has 1 aliphatic carbocycles. The van der Waals surface area contributed by atoms with Crippen LogP contribution in [0.25, 0.3) is 10.9 Å². The molecule has 0 unspecified atom stereocenters. The molecule has 2 aromatic rings. The van der Waals surface area contributed by atoms with Crippen LogP contribution in [-0.4, -0.2) is 23.7 Å². The Morgan fingerprint density at radius 1 is 1.38 bits per heavy atom. The number of rotatable bonds is 4. The molecule has 0 amide bonds. The quantitative estimate of drug-likeness (QED) is 0.809. The van der Waals surface area contributed by atoms with Gasteiger partial charge in [0.1, 0.15) is 17.1 Å². The Kier molecular flexibility index (Phi) is 3.49. The van der Waals surface area contributed by atoms with Crippen molar-refractivity contribution in [2.45, 2.75) is 32.8 Å². The summed E-state index contributed by atoms with van der Waals surface area (Å²) in [6.07, 6.45) is 2.15. The fraction of sp³-hybridized carbons (Fsp3) is 0.375. The van der Waals surface area contributed by atoms with Crippen molar-refractivity contribution >= 4 is 16.9 Å². The highest BCUT2D eigenvalue weighted by Gasteiger charge is 2.25. The van der Waals surface area contributed by atoms with Crippen molar-refractivity contribution in [2.24, 2.45) is 0 Å². The molecule has 4 nitrogen and oxygen atoms in total. The van der Waals surface area contributed by atoms with Crippen LogP contribution in [0.15, 0.2) is 18.2 Å². The summed E-state index contributed by atoms with van der Waals surface area (Å²) in [7, 11) is 0. The predicted molar refractivity (Wildman–Crippen MR) is 76.0 cm³/mol. The molecular formula is C16H16FNO3. The number of hydrogen-bond acceptors (Lipinski definition) is 4. The average Bonchev–Trinajstić information content (AvgIpc) is 3.25. The van der Waals surface area contributed by atoms with Crippen LogP contribution < -0.4 is 4.74 Å². The summed E-state index contributed by atoms with van der Waals surface area (Å²) in [5, 5.41) is 0.541. The molecule has 0 radical (unpaired) electrons. The number of benzene rings is 1. The Morgan fingerprint density at radius 2 is 2.14 bits per heavy atom. The van der Waals surface area contributed by atoms with Crippen molar-refractivity contribution in [2.75, 3.05) is 6.61 Å². The Morgan fingerprint density at radius 3 is 2.81 bits per heavy atom. The van der Waals surface area contributed by atoms with Crippen LogP contribution in [0.4, 0.5) is 4.39 Å². The van der Waals surface area contributed by atoms with E-state index in [1.54, 1.807) is 26.0 Å². The maximum absolute atomic E-state index is 13.7. The van der Waals surface area contributed by atoms with Crippen LogP contribution in [0.2, 0.25) is 0 Å². The van der Waals surface area contributed by atoms with Gasteiger partial charge in [-0.15, -0.1) is 0 Å². The standard InChI is InChI=1S/C16H16FNO3/c1-3-20-16(19)11-6-10-7-13(17)9(2)18-15(10)14(8-11)21-12-4-5-12/h6-8,12H,3-5H2,1-2H3. The third-order valence-electron chi connectivity index (χ3n) is 3.34. The first-order valence-corrected chi connectivity index (χ1v) is 7.03. The Balaban J connectivity index is 2.13. The number of aryl methyl sites for hydroxylation is 1. The Hall–Kier alpha value is -2.17. The molecule has 0 N–H and O–H groups in total. The van der Waals surface area contributed by atoms with Crippen LogP contribution in [0, 0.1) is 12.7 Å². The number of halogens is 1. The molecule has 1 heterocycles. The summed E-state index contributed by atoms with van der Waals surface area (Å²) >= 11 is 0. The van der Waals surface area contributed by atoms with Crippen molar-refractivity contribution in [1.82, 2.24) is 4.98 Å². The van der Waals surface area contributed by atoms with Gasteiger partial charge in [0.2, 0.25) is 0 Å². The highest BCUT2D eigenvalue weighted by molar-refractivity contribution is 5.97. The number of aromatic nitrogens is 1. The van der Waals surface area contributed by atoms with Gasteiger partial charge in [-0.1, -0.05) is 0 Å². The predicted octanol–water partition coefficient (Wildman–Crippen LogP) is 3.40. The topological polar surface area (TPSA) is 48.4 Å². The first-order chi connectivity index (χ1) is 10.1. The van der Waals surface area contributed by atoms with Gasteiger partial charge in [-0.3, -0.25) is 0 Å². The van der Waals surface area contributed by atoms with Crippen molar-refractivity contribution in [1.29, 1.82) is 0 Å². The maximum atomic E-state index is 13.7. The zero-order chi connectivity index (χ0) is 15.0. The van der Waals surface area contributed by atoms with E-state index in [1.807, 2.05) is 0 Å². The molecule has 21 heavy (non-hydrogen) atoms. The first-order valence-electron chi connectivity index (χ1n) is 7.03. The van der Waals surface area contributed by atoms with E-state index in [-0.39, 0.29) is 12.7 Å². The molecule has 3 rings (SSSR count). The van der Waals surface area contributed by atoms with Gasteiger partial charge in [-0.05, 0) is 44.9 Å². The third kappa shape index (κ3) is 2.82. The van der Waals surface area contributed by atoms with Gasteiger partial charge >= 0.3 is 5.97 Å². The smallest absolute Gasteiger partial charge is 0.338 e. The van der Waals surface area contributed by atoms with Gasteiger partial charge in [0.05, 0.1) is 24.0 Å². The van der Waals surface area contributed by atoms with Crippen molar-refractivity contribution < 1.29 is 18.7 Å². The van der Waals surface area contributed by atoms with Crippen molar-refractivity contribution in [3.63, 3.8) is 0 Å². The van der Waals surface area contributed by atoms with E-state index < -0.39 is 11.8 Å². The highest BCUT2D eigenvalue weighted by Crippen LogP contribution is 2.33. The fourth-order valence-electron chi connectivity index (χ4n) is 2.11. The van der Waals surface area contributed by atoms with Crippen LogP contribution in [0.3, 0.4) is 0 Å². The normalized spacial score (nSPS) is 14.2. The van der Waals surface area contributed by atoms with Crippen molar-refractivity contribution in [3.8, 4) is 5.75 Å².